The van der Waals surface area contributed by atoms with Gasteiger partial charge in [-0.3, -0.25) is 4.90 Å². The zero-order valence-electron chi connectivity index (χ0n) is 9.39. The SMILES string of the molecule is C[C@@H]1CNC[C@](C)(OC(=O)C(F)(F)F)N1C. The van der Waals surface area contributed by atoms with Crippen LogP contribution in [0.25, 0.3) is 0 Å². The lowest BCUT2D eigenvalue weighted by Gasteiger charge is -2.45. The first-order valence-corrected chi connectivity index (χ1v) is 4.90. The number of halogens is 3. The molecule has 0 unspecified atom stereocenters. The molecule has 1 fully saturated rings. The van der Waals surface area contributed by atoms with Crippen molar-refractivity contribution in [2.45, 2.75) is 31.8 Å². The molecule has 0 amide bonds. The van der Waals surface area contributed by atoms with Gasteiger partial charge in [-0.1, -0.05) is 0 Å². The summed E-state index contributed by atoms with van der Waals surface area (Å²) in [6, 6.07) is -0.000200. The Balaban J connectivity index is 2.74. The molecule has 0 aromatic rings. The average Bonchev–Trinajstić information content (AvgIpc) is 2.12. The maximum atomic E-state index is 12.1. The summed E-state index contributed by atoms with van der Waals surface area (Å²) in [5.74, 6) is -2.15. The number of nitrogens with zero attached hydrogens (tertiary/aromatic N) is 1. The van der Waals surface area contributed by atoms with Gasteiger partial charge in [-0.25, -0.2) is 4.79 Å². The van der Waals surface area contributed by atoms with Gasteiger partial charge in [0.1, 0.15) is 0 Å². The molecule has 0 aliphatic carbocycles. The van der Waals surface area contributed by atoms with Crippen molar-refractivity contribution in [1.82, 2.24) is 10.2 Å². The fourth-order valence-corrected chi connectivity index (χ4v) is 1.61. The van der Waals surface area contributed by atoms with Crippen LogP contribution in [0.3, 0.4) is 0 Å². The highest BCUT2D eigenvalue weighted by Crippen LogP contribution is 2.25. The summed E-state index contributed by atoms with van der Waals surface area (Å²) >= 11 is 0. The molecule has 0 bridgehead atoms. The lowest BCUT2D eigenvalue weighted by Crippen LogP contribution is -2.64. The van der Waals surface area contributed by atoms with Crippen LogP contribution in [0.1, 0.15) is 13.8 Å². The van der Waals surface area contributed by atoms with Crippen LogP contribution in [0.2, 0.25) is 0 Å². The van der Waals surface area contributed by atoms with Crippen molar-refractivity contribution in [2.75, 3.05) is 20.1 Å². The third-order valence-electron chi connectivity index (χ3n) is 2.84. The third-order valence-corrected chi connectivity index (χ3v) is 2.84. The quantitative estimate of drug-likeness (QED) is 0.686. The molecule has 0 saturated carbocycles. The summed E-state index contributed by atoms with van der Waals surface area (Å²) in [7, 11) is 1.63. The van der Waals surface area contributed by atoms with Gasteiger partial charge in [-0.15, -0.1) is 0 Å². The fraction of sp³-hybridized carbons (Fsp3) is 0.889. The number of likely N-dealkylation sites (N-methyl/N-ethyl adjacent to an activating group) is 1. The van der Waals surface area contributed by atoms with Crippen LogP contribution < -0.4 is 5.32 Å². The standard InChI is InChI=1S/C9H15F3N2O2/c1-6-4-13-5-8(2,14(6)3)16-7(15)9(10,11)12/h6,13H,4-5H2,1-3H3/t6-,8+/m1/s1. The minimum atomic E-state index is -4.95. The van der Waals surface area contributed by atoms with E-state index in [0.717, 1.165) is 0 Å². The molecule has 16 heavy (non-hydrogen) atoms. The molecule has 1 aliphatic heterocycles. The smallest absolute Gasteiger partial charge is 0.436 e. The van der Waals surface area contributed by atoms with Gasteiger partial charge < -0.3 is 10.1 Å². The summed E-state index contributed by atoms with van der Waals surface area (Å²) in [6.07, 6.45) is -4.95. The molecular weight excluding hydrogens is 225 g/mol. The number of carbonyl (C=O) groups excluding carboxylic acids is 1. The Bertz CT molecular complexity index is 282. The lowest BCUT2D eigenvalue weighted by molar-refractivity contribution is -0.231. The van der Waals surface area contributed by atoms with Crippen LogP contribution in [0.5, 0.6) is 0 Å². The number of ether oxygens (including phenoxy) is 1. The molecular formula is C9H15F3N2O2. The monoisotopic (exact) mass is 240 g/mol. The van der Waals surface area contributed by atoms with Crippen molar-refractivity contribution in [1.29, 1.82) is 0 Å². The van der Waals surface area contributed by atoms with Crippen LogP contribution in [0.4, 0.5) is 13.2 Å². The van der Waals surface area contributed by atoms with Gasteiger partial charge in [0.15, 0.2) is 5.72 Å². The third kappa shape index (κ3) is 2.65. The zero-order chi connectivity index (χ0) is 12.6. The van der Waals surface area contributed by atoms with E-state index in [1.807, 2.05) is 6.92 Å². The largest absolute Gasteiger partial charge is 0.490 e. The molecule has 0 aromatic heterocycles. The van der Waals surface area contributed by atoms with E-state index >= 15 is 0 Å². The number of hydrogen-bond donors (Lipinski definition) is 1. The second-order valence-electron chi connectivity index (χ2n) is 4.15. The zero-order valence-corrected chi connectivity index (χ0v) is 9.39. The van der Waals surface area contributed by atoms with Crippen molar-refractivity contribution in [3.63, 3.8) is 0 Å². The first kappa shape index (κ1) is 13.2. The van der Waals surface area contributed by atoms with Crippen LogP contribution in [-0.2, 0) is 9.53 Å². The Morgan fingerprint density at radius 3 is 2.62 bits per heavy atom. The predicted molar refractivity (Wildman–Crippen MR) is 50.6 cm³/mol. The normalized spacial score (nSPS) is 32.5. The summed E-state index contributed by atoms with van der Waals surface area (Å²) in [6.45, 7) is 4.12. The van der Waals surface area contributed by atoms with E-state index in [0.29, 0.717) is 6.54 Å². The maximum absolute atomic E-state index is 12.1. The number of esters is 1. The van der Waals surface area contributed by atoms with E-state index in [1.165, 1.54) is 6.92 Å². The van der Waals surface area contributed by atoms with Crippen LogP contribution in [0, 0.1) is 0 Å². The second-order valence-corrected chi connectivity index (χ2v) is 4.15. The van der Waals surface area contributed by atoms with Crippen molar-refractivity contribution >= 4 is 5.97 Å². The molecule has 1 saturated heterocycles. The van der Waals surface area contributed by atoms with Crippen LogP contribution in [0.15, 0.2) is 0 Å². The number of carbonyl (C=O) groups is 1. The summed E-state index contributed by atoms with van der Waals surface area (Å²) in [4.78, 5) is 12.4. The Labute approximate surface area is 91.7 Å². The van der Waals surface area contributed by atoms with E-state index in [1.54, 1.807) is 11.9 Å². The van der Waals surface area contributed by atoms with E-state index in [4.69, 9.17) is 0 Å². The molecule has 1 rings (SSSR count). The van der Waals surface area contributed by atoms with Crippen LogP contribution >= 0.6 is 0 Å². The maximum Gasteiger partial charge on any atom is 0.490 e. The lowest BCUT2D eigenvalue weighted by atomic mass is 10.1. The van der Waals surface area contributed by atoms with Gasteiger partial charge >= 0.3 is 12.1 Å². The van der Waals surface area contributed by atoms with E-state index < -0.39 is 17.9 Å². The number of rotatable bonds is 1. The van der Waals surface area contributed by atoms with Gasteiger partial charge in [-0.05, 0) is 20.9 Å². The van der Waals surface area contributed by atoms with Crippen molar-refractivity contribution in [2.24, 2.45) is 0 Å². The summed E-state index contributed by atoms with van der Waals surface area (Å²) < 4.78 is 40.8. The topological polar surface area (TPSA) is 41.6 Å². The minimum absolute atomic E-state index is 0.000200. The van der Waals surface area contributed by atoms with E-state index in [9.17, 15) is 18.0 Å². The molecule has 7 heteroatoms. The molecule has 1 N–H and O–H groups in total. The first-order chi connectivity index (χ1) is 7.17. The molecule has 1 aliphatic rings. The molecule has 0 radical (unpaired) electrons. The number of piperazine rings is 1. The predicted octanol–water partition coefficient (Wildman–Crippen LogP) is 0.732. The Kier molecular flexibility index (Phi) is 3.49. The Morgan fingerprint density at radius 2 is 2.12 bits per heavy atom. The van der Waals surface area contributed by atoms with Crippen molar-refractivity contribution < 1.29 is 22.7 Å². The van der Waals surface area contributed by atoms with Gasteiger partial charge in [0.05, 0.1) is 0 Å². The highest BCUT2D eigenvalue weighted by Gasteiger charge is 2.47. The average molecular weight is 240 g/mol. The van der Waals surface area contributed by atoms with Gasteiger partial charge in [0, 0.05) is 19.1 Å². The Morgan fingerprint density at radius 1 is 1.56 bits per heavy atom. The number of nitrogens with one attached hydrogen (secondary N) is 1. The highest BCUT2D eigenvalue weighted by molar-refractivity contribution is 5.76. The number of hydrogen-bond acceptors (Lipinski definition) is 4. The molecule has 0 aromatic carbocycles. The Hall–Kier alpha value is -0.820. The number of alkyl halides is 3. The molecule has 1 heterocycles. The molecule has 94 valence electrons. The van der Waals surface area contributed by atoms with E-state index in [-0.39, 0.29) is 12.6 Å². The molecule has 4 nitrogen and oxygen atoms in total. The highest BCUT2D eigenvalue weighted by atomic mass is 19.4. The van der Waals surface area contributed by atoms with Crippen molar-refractivity contribution in [3.05, 3.63) is 0 Å². The fourth-order valence-electron chi connectivity index (χ4n) is 1.61. The minimum Gasteiger partial charge on any atom is -0.436 e. The molecule has 0 spiro atoms. The van der Waals surface area contributed by atoms with Crippen LogP contribution in [-0.4, -0.2) is 48.9 Å². The molecule has 2 atom stereocenters. The van der Waals surface area contributed by atoms with Crippen molar-refractivity contribution in [3.8, 4) is 0 Å². The van der Waals surface area contributed by atoms with Gasteiger partial charge in [0.25, 0.3) is 0 Å². The second kappa shape index (κ2) is 4.21. The van der Waals surface area contributed by atoms with E-state index in [2.05, 4.69) is 10.1 Å². The summed E-state index contributed by atoms with van der Waals surface area (Å²) in [5, 5.41) is 2.93. The first-order valence-electron chi connectivity index (χ1n) is 4.90. The summed E-state index contributed by atoms with van der Waals surface area (Å²) in [5.41, 5.74) is -1.26. The van der Waals surface area contributed by atoms with Gasteiger partial charge in [0.2, 0.25) is 0 Å². The van der Waals surface area contributed by atoms with Gasteiger partial charge in [-0.2, -0.15) is 13.2 Å².